The summed E-state index contributed by atoms with van der Waals surface area (Å²) in [5.74, 6) is 1.78. The number of benzene rings is 9. The van der Waals surface area contributed by atoms with Crippen LogP contribution in [-0.2, 0) is 0 Å². The van der Waals surface area contributed by atoms with Gasteiger partial charge in [-0.05, 0) is 86.4 Å². The Hall–Kier alpha value is -6.90. The fourth-order valence-corrected chi connectivity index (χ4v) is 7.95. The Bertz CT molecular complexity index is 2760. The average Bonchev–Trinajstić information content (AvgIpc) is 3.22. The lowest BCUT2D eigenvalue weighted by atomic mass is 9.90. The van der Waals surface area contributed by atoms with Crippen LogP contribution in [0.15, 0.2) is 200 Å². The average molecular weight is 664 g/mol. The van der Waals surface area contributed by atoms with Crippen molar-refractivity contribution in [2.24, 2.45) is 0 Å². The number of fused-ring (bicyclic) bond motifs is 3. The fourth-order valence-electron chi connectivity index (χ4n) is 7.95. The lowest BCUT2D eigenvalue weighted by Crippen LogP contribution is -2.12. The van der Waals surface area contributed by atoms with Crippen molar-refractivity contribution >= 4 is 38.6 Å². The Morgan fingerprint density at radius 2 is 0.846 bits per heavy atom. The summed E-state index contributed by atoms with van der Waals surface area (Å²) < 4.78 is 6.49. The molecule has 10 rings (SSSR count). The van der Waals surface area contributed by atoms with E-state index in [4.69, 9.17) is 4.74 Å². The van der Waals surface area contributed by atoms with Crippen LogP contribution in [0.3, 0.4) is 0 Å². The van der Waals surface area contributed by atoms with Gasteiger partial charge in [0, 0.05) is 27.8 Å². The smallest absolute Gasteiger partial charge is 0.135 e. The molecule has 2 nitrogen and oxygen atoms in total. The highest BCUT2D eigenvalue weighted by atomic mass is 16.5. The summed E-state index contributed by atoms with van der Waals surface area (Å²) in [7, 11) is 0. The summed E-state index contributed by atoms with van der Waals surface area (Å²) in [5, 5.41) is 4.80. The Labute approximate surface area is 303 Å². The van der Waals surface area contributed by atoms with Gasteiger partial charge < -0.3 is 9.64 Å². The molecular formula is C50H33NO. The normalized spacial score (nSPS) is 11.6. The van der Waals surface area contributed by atoms with E-state index in [1.165, 1.54) is 38.4 Å². The summed E-state index contributed by atoms with van der Waals surface area (Å²) in [6.45, 7) is 0. The van der Waals surface area contributed by atoms with Crippen molar-refractivity contribution in [2.75, 3.05) is 4.90 Å². The first-order chi connectivity index (χ1) is 25.8. The van der Waals surface area contributed by atoms with Crippen molar-refractivity contribution in [2.45, 2.75) is 0 Å². The SMILES string of the molecule is c1ccc(-c2cccc3cccc(-c4ccccc4N(c4ccccc4)c4ccccc4-c4ccc5c(c4)-c4cccc6cccc(c46)O5)c23)cc1. The minimum Gasteiger partial charge on any atom is -0.456 e. The minimum absolute atomic E-state index is 0.878. The van der Waals surface area contributed by atoms with Crippen molar-refractivity contribution in [1.82, 2.24) is 0 Å². The molecule has 1 aliphatic rings. The van der Waals surface area contributed by atoms with Crippen LogP contribution in [0.5, 0.6) is 11.5 Å². The zero-order chi connectivity index (χ0) is 34.4. The molecule has 1 heterocycles. The summed E-state index contributed by atoms with van der Waals surface area (Å²) in [5.41, 5.74) is 12.7. The molecule has 0 atom stereocenters. The summed E-state index contributed by atoms with van der Waals surface area (Å²) in [4.78, 5) is 2.42. The number of nitrogens with zero attached hydrogens (tertiary/aromatic N) is 1. The van der Waals surface area contributed by atoms with Crippen LogP contribution >= 0.6 is 0 Å². The number of para-hydroxylation sites is 3. The van der Waals surface area contributed by atoms with E-state index in [1.807, 2.05) is 0 Å². The predicted molar refractivity (Wildman–Crippen MR) is 218 cm³/mol. The van der Waals surface area contributed by atoms with Crippen LogP contribution in [0.25, 0.3) is 66.1 Å². The van der Waals surface area contributed by atoms with E-state index in [1.54, 1.807) is 0 Å². The van der Waals surface area contributed by atoms with Gasteiger partial charge in [0.25, 0.3) is 0 Å². The molecular weight excluding hydrogens is 631 g/mol. The van der Waals surface area contributed by atoms with Gasteiger partial charge in [-0.25, -0.2) is 0 Å². The summed E-state index contributed by atoms with van der Waals surface area (Å²) in [6, 6.07) is 71.7. The van der Waals surface area contributed by atoms with Crippen molar-refractivity contribution in [3.8, 4) is 56.0 Å². The molecule has 0 saturated carbocycles. The summed E-state index contributed by atoms with van der Waals surface area (Å²) >= 11 is 0. The van der Waals surface area contributed by atoms with Gasteiger partial charge in [-0.3, -0.25) is 0 Å². The third kappa shape index (κ3) is 4.96. The van der Waals surface area contributed by atoms with E-state index in [2.05, 4.69) is 205 Å². The Morgan fingerprint density at radius 3 is 1.58 bits per heavy atom. The number of ether oxygens (including phenoxy) is 1. The van der Waals surface area contributed by atoms with E-state index < -0.39 is 0 Å². The van der Waals surface area contributed by atoms with Gasteiger partial charge >= 0.3 is 0 Å². The molecule has 0 aromatic heterocycles. The molecule has 0 radical (unpaired) electrons. The maximum absolute atomic E-state index is 6.49. The van der Waals surface area contributed by atoms with E-state index in [0.29, 0.717) is 0 Å². The first kappa shape index (κ1) is 30.0. The largest absolute Gasteiger partial charge is 0.456 e. The van der Waals surface area contributed by atoms with Crippen molar-refractivity contribution in [1.29, 1.82) is 0 Å². The second-order valence-electron chi connectivity index (χ2n) is 13.3. The second kappa shape index (κ2) is 12.5. The molecule has 9 aromatic carbocycles. The molecule has 0 fully saturated rings. The van der Waals surface area contributed by atoms with Crippen LogP contribution in [0.4, 0.5) is 17.1 Å². The van der Waals surface area contributed by atoms with E-state index in [9.17, 15) is 0 Å². The standard InChI is InChI=1S/C50H33NO/c1-3-15-34(16-4-1)40-25-11-17-35-18-12-26-42(49(35)40)41-24-8-10-29-46(41)51(38-21-5-2-6-22-38)45-28-9-7-23-39(45)37-31-32-47-44(33-37)43-27-13-19-36-20-14-30-48(52-47)50(36)43/h1-33H. The minimum atomic E-state index is 0.878. The number of hydrogen-bond acceptors (Lipinski definition) is 2. The summed E-state index contributed by atoms with van der Waals surface area (Å²) in [6.07, 6.45) is 0. The molecule has 1 aliphatic heterocycles. The van der Waals surface area contributed by atoms with Crippen molar-refractivity contribution < 1.29 is 4.74 Å². The first-order valence-corrected chi connectivity index (χ1v) is 17.8. The maximum atomic E-state index is 6.49. The third-order valence-electron chi connectivity index (χ3n) is 10.3. The molecule has 0 N–H and O–H groups in total. The number of anilines is 3. The highest BCUT2D eigenvalue weighted by Crippen LogP contribution is 2.50. The monoisotopic (exact) mass is 663 g/mol. The van der Waals surface area contributed by atoms with Crippen molar-refractivity contribution in [3.63, 3.8) is 0 Å². The molecule has 52 heavy (non-hydrogen) atoms. The third-order valence-corrected chi connectivity index (χ3v) is 10.3. The molecule has 0 saturated heterocycles. The molecule has 0 spiro atoms. The van der Waals surface area contributed by atoms with Crippen molar-refractivity contribution in [3.05, 3.63) is 200 Å². The van der Waals surface area contributed by atoms with Gasteiger partial charge in [0.1, 0.15) is 11.5 Å². The molecule has 9 aromatic rings. The Balaban J connectivity index is 1.19. The van der Waals surface area contributed by atoms with Gasteiger partial charge in [0.15, 0.2) is 0 Å². The highest BCUT2D eigenvalue weighted by molar-refractivity contribution is 6.09. The molecule has 244 valence electrons. The fraction of sp³-hybridized carbons (Fsp3) is 0. The van der Waals surface area contributed by atoms with Crippen LogP contribution in [0.2, 0.25) is 0 Å². The van der Waals surface area contributed by atoms with Crippen LogP contribution in [-0.4, -0.2) is 0 Å². The van der Waals surface area contributed by atoms with Gasteiger partial charge in [-0.1, -0.05) is 158 Å². The Morgan fingerprint density at radius 1 is 0.308 bits per heavy atom. The first-order valence-electron chi connectivity index (χ1n) is 17.8. The number of rotatable bonds is 6. The topological polar surface area (TPSA) is 12.5 Å². The van der Waals surface area contributed by atoms with Gasteiger partial charge in [-0.2, -0.15) is 0 Å². The maximum Gasteiger partial charge on any atom is 0.135 e. The molecule has 0 bridgehead atoms. The van der Waals surface area contributed by atoms with Gasteiger partial charge in [-0.15, -0.1) is 0 Å². The van der Waals surface area contributed by atoms with Crippen LogP contribution in [0, 0.1) is 0 Å². The van der Waals surface area contributed by atoms with Crippen LogP contribution in [0.1, 0.15) is 0 Å². The number of hydrogen-bond donors (Lipinski definition) is 0. The highest BCUT2D eigenvalue weighted by Gasteiger charge is 2.24. The Kier molecular flexibility index (Phi) is 7.18. The molecule has 0 unspecified atom stereocenters. The lowest BCUT2D eigenvalue weighted by Gasteiger charge is -2.30. The lowest BCUT2D eigenvalue weighted by molar-refractivity contribution is 0.487. The van der Waals surface area contributed by atoms with Crippen LogP contribution < -0.4 is 9.64 Å². The molecule has 0 aliphatic carbocycles. The predicted octanol–water partition coefficient (Wildman–Crippen LogP) is 14.2. The molecule has 0 amide bonds. The van der Waals surface area contributed by atoms with Gasteiger partial charge in [0.2, 0.25) is 0 Å². The van der Waals surface area contributed by atoms with E-state index in [0.717, 1.165) is 56.2 Å². The second-order valence-corrected chi connectivity index (χ2v) is 13.3. The zero-order valence-corrected chi connectivity index (χ0v) is 28.4. The zero-order valence-electron chi connectivity index (χ0n) is 28.4. The molecule has 2 heteroatoms. The van der Waals surface area contributed by atoms with Gasteiger partial charge in [0.05, 0.1) is 11.4 Å². The van der Waals surface area contributed by atoms with E-state index >= 15 is 0 Å². The van der Waals surface area contributed by atoms with E-state index in [-0.39, 0.29) is 0 Å². The quantitative estimate of drug-likeness (QED) is 0.176.